The molecule has 0 aromatic carbocycles. The summed E-state index contributed by atoms with van der Waals surface area (Å²) in [7, 11) is 0. The van der Waals surface area contributed by atoms with Gasteiger partial charge in [0.1, 0.15) is 35.6 Å². The van der Waals surface area contributed by atoms with Gasteiger partial charge >= 0.3 is 0 Å². The van der Waals surface area contributed by atoms with Crippen molar-refractivity contribution in [3.8, 4) is 0 Å². The van der Waals surface area contributed by atoms with E-state index in [4.69, 9.17) is 9.47 Å². The molecule has 556 valence electrons. The molecule has 1 aliphatic carbocycles. The molecule has 2 aliphatic heterocycles. The van der Waals surface area contributed by atoms with E-state index in [1.807, 2.05) is 37.3 Å². The van der Waals surface area contributed by atoms with E-state index in [-0.39, 0.29) is 106 Å². The highest BCUT2D eigenvalue weighted by Crippen LogP contribution is 2.28. The Morgan fingerprint density at radius 3 is 1.74 bits per heavy atom. The number of ketones is 2. The van der Waals surface area contributed by atoms with Crippen molar-refractivity contribution in [2.75, 3.05) is 13.1 Å². The van der Waals surface area contributed by atoms with Gasteiger partial charge in [-0.05, 0) is 96.9 Å². The summed E-state index contributed by atoms with van der Waals surface area (Å²) in [6.45, 7) is 7.96. The summed E-state index contributed by atoms with van der Waals surface area (Å²) in [5.41, 5.74) is -0.0423. The molecule has 2 heterocycles. The van der Waals surface area contributed by atoms with E-state index >= 15 is 0 Å². The van der Waals surface area contributed by atoms with Crippen molar-refractivity contribution < 1.29 is 105 Å². The molecule has 2 amide bonds. The summed E-state index contributed by atoms with van der Waals surface area (Å²) >= 11 is 0. The molecule has 3 aliphatic rings. The largest absolute Gasteiger partial charge is 0.510 e. The van der Waals surface area contributed by atoms with E-state index in [9.17, 15) is 95.8 Å². The molecule has 21 atom stereocenters. The van der Waals surface area contributed by atoms with Crippen LogP contribution < -0.4 is 16.0 Å². The smallest absolute Gasteiger partial charge is 0.248 e. The van der Waals surface area contributed by atoms with Crippen molar-refractivity contribution >= 4 is 23.4 Å². The van der Waals surface area contributed by atoms with Gasteiger partial charge in [-0.2, -0.15) is 0 Å². The molecular formula is C75H115N3O21. The lowest BCUT2D eigenvalue weighted by Gasteiger charge is -2.41. The molecule has 99 heavy (non-hydrogen) atoms. The van der Waals surface area contributed by atoms with E-state index in [0.29, 0.717) is 19.4 Å². The number of carbonyl (C=O) groups is 4. The van der Waals surface area contributed by atoms with Crippen molar-refractivity contribution in [2.24, 2.45) is 17.8 Å². The minimum atomic E-state index is -1.65. The highest BCUT2D eigenvalue weighted by atomic mass is 16.7. The van der Waals surface area contributed by atoms with Gasteiger partial charge in [0.05, 0.1) is 85.4 Å². The van der Waals surface area contributed by atoms with Crippen LogP contribution in [0.5, 0.6) is 0 Å². The van der Waals surface area contributed by atoms with Crippen LogP contribution >= 0.6 is 0 Å². The maximum atomic E-state index is 13.6. The molecule has 0 radical (unpaired) electrons. The second kappa shape index (κ2) is 49.6. The molecule has 24 nitrogen and oxygen atoms in total. The third-order valence-corrected chi connectivity index (χ3v) is 17.2. The van der Waals surface area contributed by atoms with Crippen molar-refractivity contribution in [3.63, 3.8) is 0 Å². The maximum absolute atomic E-state index is 13.6. The second-order valence-electron chi connectivity index (χ2n) is 26.1. The molecule has 2 saturated heterocycles. The predicted molar refractivity (Wildman–Crippen MR) is 376 cm³/mol. The number of Topliss-reactive ketones (excluding diaryl/α,β-unsaturated/α-hetero) is 2. The SMILES string of the molecule is CC(/C=C/CC/C=C/C=C/C=C/C=C/C(=O)NC1=C(O)CCC1=O)C(O)C(C)C(O)/C=C/C=C/C=C/C=C/C=C/CC(OC1OC(C)C(O)C(O)C1O)C(C)C(=O)CC(O)CC(O)CC(O)/C=C/CC(O)CC(O)CC(O)CC(O)/C=C/CC(O)CC(O)CCCNC(=O)C1CCCN1. The van der Waals surface area contributed by atoms with E-state index in [0.717, 1.165) is 32.2 Å². The van der Waals surface area contributed by atoms with Crippen LogP contribution in [0.1, 0.15) is 143 Å². The van der Waals surface area contributed by atoms with Crippen LogP contribution in [0.25, 0.3) is 0 Å². The van der Waals surface area contributed by atoms with Crippen molar-refractivity contribution in [2.45, 2.75) is 253 Å². The number of rotatable bonds is 48. The van der Waals surface area contributed by atoms with Gasteiger partial charge in [0, 0.05) is 62.5 Å². The number of aliphatic hydroxyl groups is 15. The highest BCUT2D eigenvalue weighted by molar-refractivity contribution is 6.03. The maximum Gasteiger partial charge on any atom is 0.248 e. The summed E-state index contributed by atoms with van der Waals surface area (Å²) in [6.07, 6.45) is 24.8. The van der Waals surface area contributed by atoms with Gasteiger partial charge in [-0.1, -0.05) is 161 Å². The lowest BCUT2D eigenvalue weighted by atomic mass is 9.88. The van der Waals surface area contributed by atoms with Crippen LogP contribution in [-0.4, -0.2) is 223 Å². The number of aliphatic hydroxyl groups excluding tert-OH is 15. The Morgan fingerprint density at radius 2 is 1.14 bits per heavy atom. The molecule has 3 rings (SSSR count). The second-order valence-corrected chi connectivity index (χ2v) is 26.1. The number of amides is 2. The van der Waals surface area contributed by atoms with Gasteiger partial charge in [0.15, 0.2) is 12.1 Å². The van der Waals surface area contributed by atoms with E-state index in [1.165, 1.54) is 37.3 Å². The number of carbonyl (C=O) groups excluding carboxylic acids is 4. The van der Waals surface area contributed by atoms with E-state index < -0.39 is 134 Å². The zero-order chi connectivity index (χ0) is 73.2. The number of hydrogen-bond donors (Lipinski definition) is 18. The van der Waals surface area contributed by atoms with E-state index in [1.54, 1.807) is 98.9 Å². The first-order valence-corrected chi connectivity index (χ1v) is 34.8. The molecule has 0 aromatic heterocycles. The van der Waals surface area contributed by atoms with Crippen LogP contribution in [0.3, 0.4) is 0 Å². The summed E-state index contributed by atoms with van der Waals surface area (Å²) in [6, 6.07) is -0.171. The summed E-state index contributed by atoms with van der Waals surface area (Å²) in [5.74, 6) is -2.98. The topological polar surface area (TPSA) is 426 Å². The van der Waals surface area contributed by atoms with Gasteiger partial charge in [-0.3, -0.25) is 19.2 Å². The Labute approximate surface area is 583 Å². The zero-order valence-electron chi connectivity index (χ0n) is 57.8. The van der Waals surface area contributed by atoms with Gasteiger partial charge in [-0.15, -0.1) is 0 Å². The van der Waals surface area contributed by atoms with Crippen molar-refractivity contribution in [1.29, 1.82) is 0 Å². The summed E-state index contributed by atoms with van der Waals surface area (Å²) in [5, 5.41) is 166. The minimum absolute atomic E-state index is 0.00928. The molecule has 0 spiro atoms. The molecule has 18 N–H and O–H groups in total. The van der Waals surface area contributed by atoms with Gasteiger partial charge in [0.25, 0.3) is 0 Å². The molecule has 2 fully saturated rings. The number of hydrogen-bond acceptors (Lipinski definition) is 22. The average Bonchev–Trinajstić information content (AvgIpc) is 1.55. The van der Waals surface area contributed by atoms with Crippen LogP contribution in [0, 0.1) is 17.8 Å². The molecule has 0 saturated carbocycles. The molecule has 24 heteroatoms. The third-order valence-electron chi connectivity index (χ3n) is 17.2. The monoisotopic (exact) mass is 1390 g/mol. The highest BCUT2D eigenvalue weighted by Gasteiger charge is 2.44. The number of nitrogens with one attached hydrogen (secondary N) is 3. The molecular weight excluding hydrogens is 1280 g/mol. The van der Waals surface area contributed by atoms with Crippen molar-refractivity contribution in [3.05, 3.63) is 157 Å². The predicted octanol–water partition coefficient (Wildman–Crippen LogP) is 3.90. The molecule has 21 unspecified atom stereocenters. The minimum Gasteiger partial charge on any atom is -0.510 e. The Morgan fingerprint density at radius 1 is 0.596 bits per heavy atom. The lowest BCUT2D eigenvalue weighted by molar-refractivity contribution is -0.306. The normalized spacial score (nSPS) is 24.7. The first-order valence-electron chi connectivity index (χ1n) is 34.8. The fraction of sp³-hybridized carbons (Fsp3) is 0.600. The van der Waals surface area contributed by atoms with E-state index in [2.05, 4.69) is 16.0 Å². The zero-order valence-corrected chi connectivity index (χ0v) is 57.8. The molecule has 0 aromatic rings. The summed E-state index contributed by atoms with van der Waals surface area (Å²) in [4.78, 5) is 49.3. The lowest BCUT2D eigenvalue weighted by Crippen LogP contribution is -2.58. The fourth-order valence-electron chi connectivity index (χ4n) is 11.2. The van der Waals surface area contributed by atoms with Crippen LogP contribution in [0.4, 0.5) is 0 Å². The fourth-order valence-corrected chi connectivity index (χ4v) is 11.2. The number of unbranched alkanes of at least 4 members (excludes halogenated alkanes) is 1. The number of allylic oxidation sites excluding steroid dienone is 18. The van der Waals surface area contributed by atoms with Crippen LogP contribution in [-0.2, 0) is 28.7 Å². The Hall–Kier alpha value is -5.98. The number of ether oxygens (including phenoxy) is 2. The Bertz CT molecular complexity index is 2760. The first-order chi connectivity index (χ1) is 47.2. The first kappa shape index (κ1) is 87.2. The van der Waals surface area contributed by atoms with Gasteiger partial charge in [0.2, 0.25) is 11.8 Å². The molecule has 0 bridgehead atoms. The van der Waals surface area contributed by atoms with Crippen LogP contribution in [0.15, 0.2) is 157 Å². The standard InChI is InChI=1S/C75H115N3O21/c1-49(28-20-16-12-8-5-6-11-15-19-23-37-68(92)78-69-64(89)38-39-65(69)90)70(93)51(3)63(88)35-21-17-13-9-7-10-14-18-22-36-67(99-75-73(96)72(95)71(94)52(4)98-75)50(2)66(91)48-61(87)47-60(86)45-56(82)32-25-31-55(81)44-59(85)46-58(84)43-54(80)30-24-29-53(79)42-57(83)33-26-41-77-74(97)62-34-27-40-76-62/h5-11,13-15,17-25,28,30,32,35,37,49-63,67,70-73,75-76,79-89,93-96H,12,16,26-27,29,31,33-34,36,38-48H2,1-4H3,(H,77,97)(H,78,92)/b8-5+,9-7+,11-6+,14-10+,17-13+,19-15+,22-18+,28-20+,30-24+,32-25+,35-21+,37-23+. The van der Waals surface area contributed by atoms with Gasteiger partial charge < -0.3 is 102 Å². The Balaban J connectivity index is 1.37. The Kier molecular flexibility index (Phi) is 43.7. The van der Waals surface area contributed by atoms with Gasteiger partial charge in [-0.25, -0.2) is 0 Å². The summed E-state index contributed by atoms with van der Waals surface area (Å²) < 4.78 is 11.7. The van der Waals surface area contributed by atoms with Crippen molar-refractivity contribution in [1.82, 2.24) is 16.0 Å². The third kappa shape index (κ3) is 37.0. The van der Waals surface area contributed by atoms with Crippen LogP contribution in [0.2, 0.25) is 0 Å². The average molecular weight is 1390 g/mol. The quantitative estimate of drug-likeness (QED) is 0.0178.